The summed E-state index contributed by atoms with van der Waals surface area (Å²) in [6.45, 7) is 3.14. The number of rotatable bonds is 0. The molecule has 0 fully saturated rings. The van der Waals surface area contributed by atoms with Crippen LogP contribution in [-0.2, 0) is 19.1 Å². The van der Waals surface area contributed by atoms with Gasteiger partial charge in [0.25, 0.3) is 0 Å². The average molecular weight is 215 g/mol. The summed E-state index contributed by atoms with van der Waals surface area (Å²) in [7, 11) is 0. The normalized spacial score (nSPS) is 16.3. The second-order valence-electron chi connectivity index (χ2n) is 3.86. The van der Waals surface area contributed by atoms with E-state index in [1.54, 1.807) is 6.92 Å². The van der Waals surface area contributed by atoms with Crippen LogP contribution in [0.4, 0.5) is 13.2 Å². The number of alkyl halides is 3. The van der Waals surface area contributed by atoms with Gasteiger partial charge in [-0.25, -0.2) is 0 Å². The molecular weight excluding hydrogens is 203 g/mol. The number of halogens is 3. The van der Waals surface area contributed by atoms with Crippen LogP contribution in [-0.4, -0.2) is 6.54 Å². The predicted octanol–water partition coefficient (Wildman–Crippen LogP) is 2.66. The fraction of sp³-hybridized carbons (Fsp3) is 0.455. The summed E-state index contributed by atoms with van der Waals surface area (Å²) in [5.41, 5.74) is 2.07. The van der Waals surface area contributed by atoms with E-state index in [4.69, 9.17) is 0 Å². The Balaban J connectivity index is 2.50. The molecule has 0 atom stereocenters. The van der Waals surface area contributed by atoms with Gasteiger partial charge in [0.05, 0.1) is 5.56 Å². The molecular formula is C11H12F3N. The largest absolute Gasteiger partial charge is 0.416 e. The van der Waals surface area contributed by atoms with Crippen molar-refractivity contribution in [2.75, 3.05) is 6.54 Å². The highest BCUT2D eigenvalue weighted by atomic mass is 19.4. The molecule has 0 aromatic heterocycles. The summed E-state index contributed by atoms with van der Waals surface area (Å²) < 4.78 is 37.6. The molecule has 1 aromatic carbocycles. The first-order valence-corrected chi connectivity index (χ1v) is 4.89. The summed E-state index contributed by atoms with van der Waals surface area (Å²) in [5.74, 6) is 0. The van der Waals surface area contributed by atoms with Gasteiger partial charge in [-0.15, -0.1) is 0 Å². The van der Waals surface area contributed by atoms with Gasteiger partial charge in [-0.3, -0.25) is 0 Å². The second-order valence-corrected chi connectivity index (χ2v) is 3.86. The number of hydrogen-bond donors (Lipinski definition) is 1. The third kappa shape index (κ3) is 2.00. The van der Waals surface area contributed by atoms with E-state index in [0.29, 0.717) is 6.54 Å². The first-order chi connectivity index (χ1) is 6.98. The van der Waals surface area contributed by atoms with Crippen LogP contribution in [0.2, 0.25) is 0 Å². The van der Waals surface area contributed by atoms with E-state index in [-0.39, 0.29) is 0 Å². The van der Waals surface area contributed by atoms with Crippen molar-refractivity contribution in [3.05, 3.63) is 34.4 Å². The first-order valence-electron chi connectivity index (χ1n) is 4.89. The van der Waals surface area contributed by atoms with Crippen molar-refractivity contribution in [2.24, 2.45) is 0 Å². The molecule has 0 aliphatic carbocycles. The van der Waals surface area contributed by atoms with Gasteiger partial charge in [-0.2, -0.15) is 13.2 Å². The zero-order chi connectivity index (χ0) is 11.1. The molecule has 1 aliphatic rings. The van der Waals surface area contributed by atoms with Gasteiger partial charge < -0.3 is 5.32 Å². The van der Waals surface area contributed by atoms with Crippen molar-refractivity contribution in [1.82, 2.24) is 5.32 Å². The summed E-state index contributed by atoms with van der Waals surface area (Å²) in [5, 5.41) is 3.08. The van der Waals surface area contributed by atoms with E-state index in [2.05, 4.69) is 5.32 Å². The van der Waals surface area contributed by atoms with Crippen LogP contribution in [0.5, 0.6) is 0 Å². The monoisotopic (exact) mass is 215 g/mol. The molecule has 1 aromatic rings. The number of fused-ring (bicyclic) bond motifs is 1. The third-order valence-corrected chi connectivity index (χ3v) is 2.76. The van der Waals surface area contributed by atoms with Gasteiger partial charge >= 0.3 is 6.18 Å². The minimum atomic E-state index is -4.24. The molecule has 1 heterocycles. The maximum absolute atomic E-state index is 12.5. The quantitative estimate of drug-likeness (QED) is 0.701. The molecule has 0 saturated heterocycles. The van der Waals surface area contributed by atoms with Crippen LogP contribution in [0.25, 0.3) is 0 Å². The number of aryl methyl sites for hydroxylation is 1. The minimum absolute atomic E-state index is 0.539. The topological polar surface area (TPSA) is 12.0 Å². The van der Waals surface area contributed by atoms with Crippen molar-refractivity contribution < 1.29 is 13.2 Å². The molecule has 15 heavy (non-hydrogen) atoms. The minimum Gasteiger partial charge on any atom is -0.312 e. The molecule has 1 N–H and O–H groups in total. The van der Waals surface area contributed by atoms with E-state index in [1.165, 1.54) is 12.1 Å². The van der Waals surface area contributed by atoms with Gasteiger partial charge in [0.15, 0.2) is 0 Å². The standard InChI is InChI=1S/C11H12F3N/c1-7-4-9(11(12,13)14)5-8-6-15-3-2-10(7)8/h4-5,15H,2-3,6H2,1H3. The lowest BCUT2D eigenvalue weighted by Gasteiger charge is -2.21. The lowest BCUT2D eigenvalue weighted by molar-refractivity contribution is -0.137. The summed E-state index contributed by atoms with van der Waals surface area (Å²) in [6, 6.07) is 2.50. The number of benzene rings is 1. The summed E-state index contributed by atoms with van der Waals surface area (Å²) in [4.78, 5) is 0. The fourth-order valence-electron chi connectivity index (χ4n) is 2.01. The Labute approximate surface area is 86.3 Å². The lowest BCUT2D eigenvalue weighted by atomic mass is 9.93. The van der Waals surface area contributed by atoms with Gasteiger partial charge in [-0.05, 0) is 48.7 Å². The van der Waals surface area contributed by atoms with Crippen molar-refractivity contribution in [2.45, 2.75) is 26.1 Å². The van der Waals surface area contributed by atoms with Gasteiger partial charge in [-0.1, -0.05) is 0 Å². The fourth-order valence-corrected chi connectivity index (χ4v) is 2.01. The second kappa shape index (κ2) is 3.52. The maximum Gasteiger partial charge on any atom is 0.416 e. The Morgan fingerprint density at radius 2 is 2.00 bits per heavy atom. The molecule has 0 spiro atoms. The summed E-state index contributed by atoms with van der Waals surface area (Å²) in [6.07, 6.45) is -3.42. The molecule has 2 rings (SSSR count). The van der Waals surface area contributed by atoms with Crippen molar-refractivity contribution in [3.63, 3.8) is 0 Å². The molecule has 0 bridgehead atoms. The molecule has 4 heteroatoms. The average Bonchev–Trinajstić information content (AvgIpc) is 2.16. The van der Waals surface area contributed by atoms with Gasteiger partial charge in [0, 0.05) is 6.54 Å². The van der Waals surface area contributed by atoms with E-state index >= 15 is 0 Å². The van der Waals surface area contributed by atoms with E-state index in [1.807, 2.05) is 0 Å². The van der Waals surface area contributed by atoms with Crippen molar-refractivity contribution in [3.8, 4) is 0 Å². The molecule has 0 amide bonds. The third-order valence-electron chi connectivity index (χ3n) is 2.76. The smallest absolute Gasteiger partial charge is 0.312 e. The number of hydrogen-bond acceptors (Lipinski definition) is 1. The predicted molar refractivity (Wildman–Crippen MR) is 51.6 cm³/mol. The first kappa shape index (κ1) is 10.5. The molecule has 1 aliphatic heterocycles. The maximum atomic E-state index is 12.5. The molecule has 1 nitrogen and oxygen atoms in total. The highest BCUT2D eigenvalue weighted by Gasteiger charge is 2.31. The van der Waals surface area contributed by atoms with E-state index in [0.717, 1.165) is 29.7 Å². The molecule has 82 valence electrons. The van der Waals surface area contributed by atoms with Crippen LogP contribution in [0.3, 0.4) is 0 Å². The number of nitrogens with one attached hydrogen (secondary N) is 1. The zero-order valence-electron chi connectivity index (χ0n) is 8.41. The lowest BCUT2D eigenvalue weighted by Crippen LogP contribution is -2.25. The highest BCUT2D eigenvalue weighted by Crippen LogP contribution is 2.32. The van der Waals surface area contributed by atoms with Crippen LogP contribution < -0.4 is 5.32 Å². The van der Waals surface area contributed by atoms with Crippen LogP contribution >= 0.6 is 0 Å². The van der Waals surface area contributed by atoms with Crippen LogP contribution in [0.15, 0.2) is 12.1 Å². The Kier molecular flexibility index (Phi) is 2.46. The highest BCUT2D eigenvalue weighted by molar-refractivity contribution is 5.41. The van der Waals surface area contributed by atoms with Gasteiger partial charge in [0.2, 0.25) is 0 Å². The SMILES string of the molecule is Cc1cc(C(F)(F)F)cc2c1CCNC2. The molecule has 0 saturated carbocycles. The van der Waals surface area contributed by atoms with E-state index < -0.39 is 11.7 Å². The summed E-state index contributed by atoms with van der Waals surface area (Å²) >= 11 is 0. The zero-order valence-corrected chi connectivity index (χ0v) is 8.41. The van der Waals surface area contributed by atoms with Gasteiger partial charge in [0.1, 0.15) is 0 Å². The molecule has 0 radical (unpaired) electrons. The Bertz CT molecular complexity index is 382. The van der Waals surface area contributed by atoms with Crippen LogP contribution in [0.1, 0.15) is 22.3 Å². The Morgan fingerprint density at radius 3 is 2.67 bits per heavy atom. The van der Waals surface area contributed by atoms with E-state index in [9.17, 15) is 13.2 Å². The Hall–Kier alpha value is -1.03. The van der Waals surface area contributed by atoms with Crippen molar-refractivity contribution >= 4 is 0 Å². The molecule has 0 unspecified atom stereocenters. The van der Waals surface area contributed by atoms with Crippen molar-refractivity contribution in [1.29, 1.82) is 0 Å². The Morgan fingerprint density at radius 1 is 1.27 bits per heavy atom. The van der Waals surface area contributed by atoms with Crippen LogP contribution in [0, 0.1) is 6.92 Å².